The van der Waals surface area contributed by atoms with E-state index in [1.54, 1.807) is 12.3 Å². The van der Waals surface area contributed by atoms with Crippen LogP contribution >= 0.6 is 11.6 Å². The number of nitro benzene ring substituents is 1. The average Bonchev–Trinajstić information content (AvgIpc) is 3.01. The van der Waals surface area contributed by atoms with Gasteiger partial charge in [0, 0.05) is 18.7 Å². The molecule has 1 unspecified atom stereocenters. The van der Waals surface area contributed by atoms with Gasteiger partial charge in [0.1, 0.15) is 11.9 Å². The van der Waals surface area contributed by atoms with Gasteiger partial charge in [-0.1, -0.05) is 11.6 Å². The summed E-state index contributed by atoms with van der Waals surface area (Å²) in [7, 11) is 0. The van der Waals surface area contributed by atoms with Gasteiger partial charge in [-0.25, -0.2) is 0 Å². The highest BCUT2D eigenvalue weighted by Gasteiger charge is 2.27. The van der Waals surface area contributed by atoms with Crippen LogP contribution in [0.4, 0.5) is 11.4 Å². The molecule has 2 heterocycles. The number of rotatable bonds is 3. The fourth-order valence-electron chi connectivity index (χ4n) is 2.72. The highest BCUT2D eigenvalue weighted by Crippen LogP contribution is 2.36. The number of halogens is 1. The molecule has 0 bridgehead atoms. The molecule has 0 radical (unpaired) electrons. The smallest absolute Gasteiger partial charge is 0.271 e. The predicted octanol–water partition coefficient (Wildman–Crippen LogP) is 3.73. The number of benzene rings is 1. The lowest BCUT2D eigenvalue weighted by molar-refractivity contribution is -0.384. The number of aryl methyl sites for hydroxylation is 1. The van der Waals surface area contributed by atoms with Gasteiger partial charge in [0.2, 0.25) is 0 Å². The van der Waals surface area contributed by atoms with Crippen molar-refractivity contribution in [2.45, 2.75) is 13.0 Å². The highest BCUT2D eigenvalue weighted by atomic mass is 35.5. The van der Waals surface area contributed by atoms with Crippen molar-refractivity contribution < 1.29 is 14.1 Å². The molecule has 2 aromatic rings. The summed E-state index contributed by atoms with van der Waals surface area (Å²) in [6.45, 7) is 3.63. The molecule has 1 aliphatic heterocycles. The van der Waals surface area contributed by atoms with E-state index in [0.29, 0.717) is 24.7 Å². The Balaban J connectivity index is 1.89. The number of hydrogen-bond donors (Lipinski definition) is 0. The fraction of sp³-hybridized carbons (Fsp3) is 0.333. The van der Waals surface area contributed by atoms with Gasteiger partial charge >= 0.3 is 0 Å². The second-order valence-corrected chi connectivity index (χ2v) is 5.58. The van der Waals surface area contributed by atoms with Crippen LogP contribution in [0.2, 0.25) is 5.02 Å². The molecular formula is C15H15ClN2O4. The summed E-state index contributed by atoms with van der Waals surface area (Å²) >= 11 is 6.27. The van der Waals surface area contributed by atoms with Crippen molar-refractivity contribution in [3.63, 3.8) is 0 Å². The molecule has 1 aromatic heterocycles. The minimum Gasteiger partial charge on any atom is -0.467 e. The molecule has 0 saturated carbocycles. The average molecular weight is 323 g/mol. The zero-order valence-corrected chi connectivity index (χ0v) is 12.7. The van der Waals surface area contributed by atoms with E-state index in [0.717, 1.165) is 17.0 Å². The maximum Gasteiger partial charge on any atom is 0.271 e. The van der Waals surface area contributed by atoms with Crippen molar-refractivity contribution >= 4 is 23.0 Å². The number of morpholine rings is 1. The molecular weight excluding hydrogens is 308 g/mol. The first-order chi connectivity index (χ1) is 10.6. The van der Waals surface area contributed by atoms with Gasteiger partial charge in [0.05, 0.1) is 35.0 Å². The van der Waals surface area contributed by atoms with Gasteiger partial charge in [0.25, 0.3) is 5.69 Å². The van der Waals surface area contributed by atoms with E-state index in [-0.39, 0.29) is 11.8 Å². The van der Waals surface area contributed by atoms with Crippen molar-refractivity contribution in [2.24, 2.45) is 0 Å². The maximum atomic E-state index is 10.9. The summed E-state index contributed by atoms with van der Waals surface area (Å²) < 4.78 is 11.1. The van der Waals surface area contributed by atoms with E-state index < -0.39 is 4.92 Å². The first kappa shape index (κ1) is 14.9. The molecule has 1 atom stereocenters. The van der Waals surface area contributed by atoms with E-state index >= 15 is 0 Å². The van der Waals surface area contributed by atoms with Crippen LogP contribution in [0.15, 0.2) is 34.9 Å². The fourth-order valence-corrected chi connectivity index (χ4v) is 3.10. The summed E-state index contributed by atoms with van der Waals surface area (Å²) in [6, 6.07) is 6.63. The van der Waals surface area contributed by atoms with Crippen molar-refractivity contribution in [3.05, 3.63) is 57.0 Å². The van der Waals surface area contributed by atoms with E-state index in [4.69, 9.17) is 20.8 Å². The number of anilines is 1. The quantitative estimate of drug-likeness (QED) is 0.636. The Morgan fingerprint density at radius 3 is 2.91 bits per heavy atom. The summed E-state index contributed by atoms with van der Waals surface area (Å²) in [5, 5.41) is 11.3. The number of non-ortho nitro benzene ring substituents is 1. The zero-order chi connectivity index (χ0) is 15.7. The van der Waals surface area contributed by atoms with Gasteiger partial charge in [0.15, 0.2) is 0 Å². The molecule has 7 heteroatoms. The molecule has 0 amide bonds. The van der Waals surface area contributed by atoms with E-state index in [1.807, 2.05) is 19.1 Å². The summed E-state index contributed by atoms with van der Waals surface area (Å²) in [4.78, 5) is 12.5. The maximum absolute atomic E-state index is 10.9. The van der Waals surface area contributed by atoms with Crippen LogP contribution in [0.5, 0.6) is 0 Å². The predicted molar refractivity (Wildman–Crippen MR) is 82.5 cm³/mol. The topological polar surface area (TPSA) is 68.8 Å². The molecule has 1 fully saturated rings. The highest BCUT2D eigenvalue weighted by molar-refractivity contribution is 6.33. The molecule has 1 saturated heterocycles. The Morgan fingerprint density at radius 1 is 1.45 bits per heavy atom. The van der Waals surface area contributed by atoms with E-state index in [9.17, 15) is 10.1 Å². The molecule has 22 heavy (non-hydrogen) atoms. The number of nitro groups is 1. The monoisotopic (exact) mass is 322 g/mol. The molecule has 6 nitrogen and oxygen atoms in total. The first-order valence-corrected chi connectivity index (χ1v) is 7.28. The third-order valence-electron chi connectivity index (χ3n) is 3.69. The number of ether oxygens (including phenoxy) is 1. The Bertz CT molecular complexity index is 664. The molecule has 0 spiro atoms. The third-order valence-corrected chi connectivity index (χ3v) is 3.98. The lowest BCUT2D eigenvalue weighted by Gasteiger charge is -2.35. The molecule has 1 aliphatic rings. The SMILES string of the molecule is Cc1cc([N+](=O)[O-])cc(Cl)c1N1CCOC(c2ccco2)C1. The van der Waals surface area contributed by atoms with Crippen LogP contribution in [-0.4, -0.2) is 24.6 Å². The molecule has 116 valence electrons. The van der Waals surface area contributed by atoms with Crippen molar-refractivity contribution in [1.82, 2.24) is 0 Å². The lowest BCUT2D eigenvalue weighted by atomic mass is 10.1. The van der Waals surface area contributed by atoms with Crippen LogP contribution in [0.1, 0.15) is 17.4 Å². The van der Waals surface area contributed by atoms with Gasteiger partial charge in [-0.15, -0.1) is 0 Å². The van der Waals surface area contributed by atoms with Crippen molar-refractivity contribution in [2.75, 3.05) is 24.6 Å². The van der Waals surface area contributed by atoms with Gasteiger partial charge in [-0.05, 0) is 24.6 Å². The summed E-state index contributed by atoms with van der Waals surface area (Å²) in [5.74, 6) is 0.764. The van der Waals surface area contributed by atoms with Crippen LogP contribution in [0.3, 0.4) is 0 Å². The standard InChI is InChI=1S/C15H15ClN2O4/c1-10-7-11(18(19)20)8-12(16)15(10)17-4-6-22-14(9-17)13-3-2-5-21-13/h2-3,5,7-8,14H,4,6,9H2,1H3. The Morgan fingerprint density at radius 2 is 2.27 bits per heavy atom. The minimum atomic E-state index is -0.437. The van der Waals surface area contributed by atoms with Crippen LogP contribution in [0.25, 0.3) is 0 Å². The molecule has 0 N–H and O–H groups in total. The number of furan rings is 1. The second-order valence-electron chi connectivity index (χ2n) is 5.17. The normalized spacial score (nSPS) is 18.5. The zero-order valence-electron chi connectivity index (χ0n) is 12.0. The van der Waals surface area contributed by atoms with Crippen molar-refractivity contribution in [3.8, 4) is 0 Å². The van der Waals surface area contributed by atoms with Gasteiger partial charge < -0.3 is 14.1 Å². The molecule has 3 rings (SSSR count). The minimum absolute atomic E-state index is 0.00194. The third kappa shape index (κ3) is 2.80. The second kappa shape index (κ2) is 5.98. The van der Waals surface area contributed by atoms with E-state index in [2.05, 4.69) is 4.90 Å². The largest absolute Gasteiger partial charge is 0.467 e. The van der Waals surface area contributed by atoms with Crippen molar-refractivity contribution in [1.29, 1.82) is 0 Å². The number of hydrogen-bond acceptors (Lipinski definition) is 5. The first-order valence-electron chi connectivity index (χ1n) is 6.90. The van der Waals surface area contributed by atoms with Crippen LogP contribution in [-0.2, 0) is 4.74 Å². The number of nitrogens with zero attached hydrogens (tertiary/aromatic N) is 2. The van der Waals surface area contributed by atoms with Gasteiger partial charge in [-0.2, -0.15) is 0 Å². The van der Waals surface area contributed by atoms with E-state index in [1.165, 1.54) is 6.07 Å². The molecule has 0 aliphatic carbocycles. The summed E-state index contributed by atoms with van der Waals surface area (Å²) in [5.41, 5.74) is 1.59. The summed E-state index contributed by atoms with van der Waals surface area (Å²) in [6.07, 6.45) is 1.44. The lowest BCUT2D eigenvalue weighted by Crippen LogP contribution is -2.38. The Hall–Kier alpha value is -2.05. The van der Waals surface area contributed by atoms with Gasteiger partial charge in [-0.3, -0.25) is 10.1 Å². The Labute approximate surface area is 132 Å². The Kier molecular flexibility index (Phi) is 4.04. The molecule has 1 aromatic carbocycles. The van der Waals surface area contributed by atoms with Crippen LogP contribution < -0.4 is 4.90 Å². The van der Waals surface area contributed by atoms with Crippen LogP contribution in [0, 0.1) is 17.0 Å².